The second-order valence-corrected chi connectivity index (χ2v) is 11.1. The van der Waals surface area contributed by atoms with E-state index in [1.165, 1.54) is 25.3 Å². The highest BCUT2D eigenvalue weighted by Gasteiger charge is 2.60. The zero-order valence-electron chi connectivity index (χ0n) is 24.7. The van der Waals surface area contributed by atoms with Gasteiger partial charge in [-0.2, -0.15) is 0 Å². The summed E-state index contributed by atoms with van der Waals surface area (Å²) in [5, 5.41) is 13.0. The lowest BCUT2D eigenvalue weighted by atomic mass is 9.75. The topological polar surface area (TPSA) is 150 Å². The second kappa shape index (κ2) is 12.4. The number of carbonyl (C=O) groups is 4. The highest BCUT2D eigenvalue weighted by Crippen LogP contribution is 2.46. The van der Waals surface area contributed by atoms with Gasteiger partial charge < -0.3 is 33.8 Å². The number of rotatable bonds is 9. The molecular formula is C32H34FNO10. The van der Waals surface area contributed by atoms with Gasteiger partial charge in [-0.05, 0) is 42.0 Å². The lowest BCUT2D eigenvalue weighted by molar-refractivity contribution is -0.278. The third-order valence-corrected chi connectivity index (χ3v) is 7.87. The fraction of sp³-hybridized carbons (Fsp3) is 0.438. The smallest absolute Gasteiger partial charge is 0.303 e. The van der Waals surface area contributed by atoms with Gasteiger partial charge in [0.15, 0.2) is 18.3 Å². The number of fused-ring (bicyclic) bond motifs is 1. The minimum absolute atomic E-state index is 0.0469. The highest BCUT2D eigenvalue weighted by molar-refractivity contribution is 5.85. The minimum Gasteiger partial charge on any atom is -0.463 e. The molecule has 2 N–H and O–H groups in total. The molecule has 5 rings (SSSR count). The quantitative estimate of drug-likeness (QED) is 0.272. The molecule has 3 aromatic rings. The van der Waals surface area contributed by atoms with E-state index in [2.05, 4.69) is 4.98 Å². The predicted octanol–water partition coefficient (Wildman–Crippen LogP) is 3.55. The molecule has 0 amide bonds. The van der Waals surface area contributed by atoms with Crippen molar-refractivity contribution in [2.75, 3.05) is 6.61 Å². The number of benzene rings is 2. The Kier molecular flexibility index (Phi) is 8.76. The first-order valence-electron chi connectivity index (χ1n) is 14.3. The maximum Gasteiger partial charge on any atom is 0.303 e. The van der Waals surface area contributed by atoms with Gasteiger partial charge in [0.2, 0.25) is 0 Å². The summed E-state index contributed by atoms with van der Waals surface area (Å²) in [5.74, 6) is -3.34. The molecule has 2 aliphatic rings. The average Bonchev–Trinajstić information content (AvgIpc) is 3.71. The summed E-state index contributed by atoms with van der Waals surface area (Å²) in [6.07, 6.45) is -3.93. The predicted molar refractivity (Wildman–Crippen MR) is 152 cm³/mol. The van der Waals surface area contributed by atoms with E-state index in [0.717, 1.165) is 39.2 Å². The number of aromatic amines is 1. The molecule has 6 atom stereocenters. The Morgan fingerprint density at radius 1 is 0.886 bits per heavy atom. The molecule has 1 unspecified atom stereocenters. The lowest BCUT2D eigenvalue weighted by Crippen LogP contribution is -2.67. The standard InChI is InChI=1S/C32H34FNO10/c1-16(35)40-15-26-28(41-17(2)36)29(42-18(3)37)30(43-19(4)38)31(44-26)32(39,22-12-10-21(11-13-22)20-8-9-20)23-14-34-25-7-5-6-24(33)27(23)25/h5-7,10-14,20,26,28-31,34,39H,8-9,15H2,1-4H3/t26-,28-,29+,30-,31-,32?/m1/s1. The van der Waals surface area contributed by atoms with Gasteiger partial charge in [0.05, 0.1) is 0 Å². The van der Waals surface area contributed by atoms with Gasteiger partial charge in [0, 0.05) is 50.4 Å². The van der Waals surface area contributed by atoms with Crippen LogP contribution in [-0.4, -0.2) is 71.1 Å². The van der Waals surface area contributed by atoms with Crippen LogP contribution in [0.4, 0.5) is 4.39 Å². The van der Waals surface area contributed by atoms with Crippen LogP contribution in [0.5, 0.6) is 0 Å². The Hall–Kier alpha value is -4.29. The van der Waals surface area contributed by atoms with E-state index >= 15 is 4.39 Å². The molecule has 2 aromatic carbocycles. The Labute approximate surface area is 252 Å². The Morgan fingerprint density at radius 2 is 1.50 bits per heavy atom. The fourth-order valence-corrected chi connectivity index (χ4v) is 5.90. The largest absolute Gasteiger partial charge is 0.463 e. The first-order valence-corrected chi connectivity index (χ1v) is 14.3. The molecule has 1 aliphatic carbocycles. The van der Waals surface area contributed by atoms with Gasteiger partial charge in [-0.25, -0.2) is 4.39 Å². The van der Waals surface area contributed by atoms with Crippen LogP contribution in [0.15, 0.2) is 48.7 Å². The number of H-pyrrole nitrogens is 1. The lowest BCUT2D eigenvalue weighted by Gasteiger charge is -2.49. The van der Waals surface area contributed by atoms with Gasteiger partial charge in [0.25, 0.3) is 0 Å². The van der Waals surface area contributed by atoms with E-state index in [4.69, 9.17) is 23.7 Å². The molecule has 0 radical (unpaired) electrons. The van der Waals surface area contributed by atoms with Gasteiger partial charge in [-0.1, -0.05) is 30.3 Å². The van der Waals surface area contributed by atoms with E-state index in [0.29, 0.717) is 11.4 Å². The molecule has 0 bridgehead atoms. The molecule has 0 spiro atoms. The number of halogens is 1. The molecule has 1 aliphatic heterocycles. The molecule has 234 valence electrons. The molecule has 1 saturated carbocycles. The number of hydrogen-bond acceptors (Lipinski definition) is 10. The van der Waals surface area contributed by atoms with Crippen molar-refractivity contribution in [3.8, 4) is 0 Å². The van der Waals surface area contributed by atoms with Crippen molar-refractivity contribution in [1.29, 1.82) is 0 Å². The van der Waals surface area contributed by atoms with Crippen molar-refractivity contribution >= 4 is 34.8 Å². The first-order chi connectivity index (χ1) is 20.9. The molecule has 1 saturated heterocycles. The van der Waals surface area contributed by atoms with Crippen molar-refractivity contribution in [2.24, 2.45) is 0 Å². The van der Waals surface area contributed by atoms with Gasteiger partial charge in [-0.15, -0.1) is 0 Å². The third kappa shape index (κ3) is 6.18. The SMILES string of the molecule is CC(=O)OC[C@H]1O[C@@H](C(O)(c2ccc(C3CC3)cc2)c2c[nH]c3cccc(F)c23)[C@H](OC(C)=O)[C@@H](OC(C)=O)[C@@H]1OC(C)=O. The van der Waals surface area contributed by atoms with Gasteiger partial charge in [0.1, 0.15) is 30.2 Å². The Morgan fingerprint density at radius 3 is 2.09 bits per heavy atom. The van der Waals surface area contributed by atoms with Crippen molar-refractivity contribution < 1.29 is 52.4 Å². The van der Waals surface area contributed by atoms with Crippen LogP contribution >= 0.6 is 0 Å². The molecule has 2 fully saturated rings. The van der Waals surface area contributed by atoms with Gasteiger partial charge >= 0.3 is 23.9 Å². The number of aliphatic hydroxyl groups is 1. The highest BCUT2D eigenvalue weighted by atomic mass is 19.1. The van der Waals surface area contributed by atoms with Crippen molar-refractivity contribution in [2.45, 2.75) is 82.6 Å². The van der Waals surface area contributed by atoms with E-state index in [-0.39, 0.29) is 16.5 Å². The molecular weight excluding hydrogens is 577 g/mol. The average molecular weight is 612 g/mol. The van der Waals surface area contributed by atoms with Crippen LogP contribution in [0.25, 0.3) is 10.9 Å². The molecule has 2 heterocycles. The Bertz CT molecular complexity index is 1560. The van der Waals surface area contributed by atoms with Crippen molar-refractivity contribution in [3.63, 3.8) is 0 Å². The van der Waals surface area contributed by atoms with E-state index in [1.807, 2.05) is 12.1 Å². The maximum atomic E-state index is 15.5. The first kappa shape index (κ1) is 31.1. The van der Waals surface area contributed by atoms with E-state index in [1.54, 1.807) is 18.2 Å². The minimum atomic E-state index is -2.27. The van der Waals surface area contributed by atoms with Crippen LogP contribution in [0, 0.1) is 5.82 Å². The Balaban J connectivity index is 1.74. The van der Waals surface area contributed by atoms with E-state index in [9.17, 15) is 24.3 Å². The van der Waals surface area contributed by atoms with Crippen LogP contribution in [0.3, 0.4) is 0 Å². The molecule has 1 aromatic heterocycles. The van der Waals surface area contributed by atoms with Crippen molar-refractivity contribution in [1.82, 2.24) is 4.98 Å². The maximum absolute atomic E-state index is 15.5. The van der Waals surface area contributed by atoms with Crippen LogP contribution < -0.4 is 0 Å². The summed E-state index contributed by atoms with van der Waals surface area (Å²) >= 11 is 0. The fourth-order valence-electron chi connectivity index (χ4n) is 5.90. The number of nitrogens with one attached hydrogen (secondary N) is 1. The number of ether oxygens (including phenoxy) is 5. The summed E-state index contributed by atoms with van der Waals surface area (Å²) in [6.45, 7) is 4.03. The van der Waals surface area contributed by atoms with Crippen LogP contribution in [-0.2, 0) is 48.5 Å². The zero-order chi connectivity index (χ0) is 31.8. The van der Waals surface area contributed by atoms with Crippen LogP contribution in [0.1, 0.15) is 63.1 Å². The summed E-state index contributed by atoms with van der Waals surface area (Å²) in [7, 11) is 0. The third-order valence-electron chi connectivity index (χ3n) is 7.87. The molecule has 11 nitrogen and oxygen atoms in total. The monoisotopic (exact) mass is 611 g/mol. The number of aromatic nitrogens is 1. The van der Waals surface area contributed by atoms with Crippen molar-refractivity contribution in [3.05, 3.63) is 71.2 Å². The van der Waals surface area contributed by atoms with Gasteiger partial charge in [-0.3, -0.25) is 19.2 Å². The normalized spacial score (nSPS) is 24.6. The second-order valence-electron chi connectivity index (χ2n) is 11.1. The number of esters is 4. The number of carbonyl (C=O) groups excluding carboxylic acids is 4. The molecule has 12 heteroatoms. The summed E-state index contributed by atoms with van der Waals surface area (Å²) in [4.78, 5) is 51.9. The number of hydrogen-bond donors (Lipinski definition) is 2. The molecule has 44 heavy (non-hydrogen) atoms. The summed E-state index contributed by atoms with van der Waals surface area (Å²) < 4.78 is 43.8. The zero-order valence-corrected chi connectivity index (χ0v) is 24.7. The van der Waals surface area contributed by atoms with Crippen LogP contribution in [0.2, 0.25) is 0 Å². The summed E-state index contributed by atoms with van der Waals surface area (Å²) in [6, 6.07) is 11.5. The van der Waals surface area contributed by atoms with E-state index < -0.39 is 72.4 Å². The summed E-state index contributed by atoms with van der Waals surface area (Å²) in [5.41, 5.74) is -0.532.